The molecule has 0 spiro atoms. The van der Waals surface area contributed by atoms with Crippen LogP contribution >= 0.6 is 27.5 Å². The van der Waals surface area contributed by atoms with Gasteiger partial charge in [-0.3, -0.25) is 9.48 Å². The quantitative estimate of drug-likeness (QED) is 0.545. The Kier molecular flexibility index (Phi) is 5.92. The molecule has 0 saturated heterocycles. The molecule has 30 heavy (non-hydrogen) atoms. The van der Waals surface area contributed by atoms with Gasteiger partial charge in [-0.15, -0.1) is 0 Å². The van der Waals surface area contributed by atoms with Crippen molar-refractivity contribution in [3.8, 4) is 0 Å². The summed E-state index contributed by atoms with van der Waals surface area (Å²) in [5.74, 6) is -0.243. The number of hydrogen-bond acceptors (Lipinski definition) is 4. The summed E-state index contributed by atoms with van der Waals surface area (Å²) < 4.78 is 2.79. The van der Waals surface area contributed by atoms with Gasteiger partial charge in [-0.1, -0.05) is 63.0 Å². The first-order valence-corrected chi connectivity index (χ1v) is 10.7. The average molecular weight is 488 g/mol. The predicted molar refractivity (Wildman–Crippen MR) is 121 cm³/mol. The van der Waals surface area contributed by atoms with Crippen molar-refractivity contribution in [3.05, 3.63) is 80.5 Å². The Labute approximate surface area is 188 Å². The summed E-state index contributed by atoms with van der Waals surface area (Å²) >= 11 is 9.73. The molecule has 1 aromatic heterocycles. The number of halogens is 2. The maximum atomic E-state index is 12.8. The second kappa shape index (κ2) is 8.62. The van der Waals surface area contributed by atoms with Gasteiger partial charge < -0.3 is 10.2 Å². The summed E-state index contributed by atoms with van der Waals surface area (Å²) in [7, 11) is 0. The van der Waals surface area contributed by atoms with Crippen LogP contribution in [0.2, 0.25) is 5.02 Å². The zero-order valence-electron chi connectivity index (χ0n) is 16.5. The fraction of sp³-hybridized carbons (Fsp3) is 0.227. The molecule has 0 radical (unpaired) electrons. The Bertz CT molecular complexity index is 1140. The number of amides is 1. The SMILES string of the molecule is Cc1nn(Cc2ccccc2Cl)c(C)c1NC(=O)C1CC(c2cccc(Br)c2)=NO1. The number of oxime groups is 1. The number of carbonyl (C=O) groups excluding carboxylic acids is 1. The topological polar surface area (TPSA) is 68.5 Å². The van der Waals surface area contributed by atoms with Gasteiger partial charge in [-0.25, -0.2) is 0 Å². The predicted octanol–water partition coefficient (Wildman–Crippen LogP) is 5.10. The van der Waals surface area contributed by atoms with Crippen molar-refractivity contribution in [2.45, 2.75) is 32.9 Å². The molecule has 1 N–H and O–H groups in total. The van der Waals surface area contributed by atoms with Crippen molar-refractivity contribution in [1.82, 2.24) is 9.78 Å². The zero-order valence-corrected chi connectivity index (χ0v) is 18.9. The summed E-state index contributed by atoms with van der Waals surface area (Å²) in [4.78, 5) is 18.2. The Hall–Kier alpha value is -2.64. The molecule has 1 amide bonds. The lowest BCUT2D eigenvalue weighted by Gasteiger charge is -2.11. The normalized spacial score (nSPS) is 15.6. The molecule has 8 heteroatoms. The summed E-state index contributed by atoms with van der Waals surface area (Å²) in [6.07, 6.45) is -0.265. The van der Waals surface area contributed by atoms with Gasteiger partial charge in [-0.2, -0.15) is 5.10 Å². The smallest absolute Gasteiger partial charge is 0.268 e. The van der Waals surface area contributed by atoms with Crippen molar-refractivity contribution in [2.75, 3.05) is 5.32 Å². The molecule has 6 nitrogen and oxygen atoms in total. The van der Waals surface area contributed by atoms with Gasteiger partial charge in [0, 0.05) is 21.5 Å². The molecule has 1 aliphatic heterocycles. The first-order chi connectivity index (χ1) is 14.4. The molecule has 1 aliphatic rings. The number of hydrogen-bond donors (Lipinski definition) is 1. The maximum absolute atomic E-state index is 12.8. The Balaban J connectivity index is 1.45. The number of aromatic nitrogens is 2. The van der Waals surface area contributed by atoms with Crippen LogP contribution in [0.3, 0.4) is 0 Å². The number of nitrogens with zero attached hydrogens (tertiary/aromatic N) is 3. The highest BCUT2D eigenvalue weighted by atomic mass is 79.9. The fourth-order valence-corrected chi connectivity index (χ4v) is 3.97. The molecule has 2 aromatic carbocycles. The Morgan fingerprint density at radius 3 is 2.83 bits per heavy atom. The Morgan fingerprint density at radius 2 is 2.07 bits per heavy atom. The van der Waals surface area contributed by atoms with Crippen LogP contribution in [-0.4, -0.2) is 27.5 Å². The summed E-state index contributed by atoms with van der Waals surface area (Å²) in [6, 6.07) is 15.4. The molecule has 2 heterocycles. The maximum Gasteiger partial charge on any atom is 0.268 e. The van der Waals surface area contributed by atoms with E-state index >= 15 is 0 Å². The minimum Gasteiger partial charge on any atom is -0.382 e. The first kappa shape index (κ1) is 20.6. The lowest BCUT2D eigenvalue weighted by molar-refractivity contribution is -0.125. The van der Waals surface area contributed by atoms with E-state index < -0.39 is 6.10 Å². The summed E-state index contributed by atoms with van der Waals surface area (Å²) in [5.41, 5.74) is 4.92. The number of aryl methyl sites for hydroxylation is 1. The summed E-state index contributed by atoms with van der Waals surface area (Å²) in [6.45, 7) is 4.31. The molecule has 154 valence electrons. The van der Waals surface area contributed by atoms with Crippen molar-refractivity contribution in [1.29, 1.82) is 0 Å². The number of benzene rings is 2. The van der Waals surface area contributed by atoms with Gasteiger partial charge in [0.2, 0.25) is 6.10 Å². The third-order valence-corrected chi connectivity index (χ3v) is 5.89. The molecule has 1 atom stereocenters. The fourth-order valence-electron chi connectivity index (χ4n) is 3.38. The van der Waals surface area contributed by atoms with Gasteiger partial charge in [-0.05, 0) is 37.6 Å². The van der Waals surface area contributed by atoms with Crippen LogP contribution in [-0.2, 0) is 16.2 Å². The highest BCUT2D eigenvalue weighted by Crippen LogP contribution is 2.25. The molecule has 1 unspecified atom stereocenters. The molecular formula is C22H20BrClN4O2. The molecule has 0 bridgehead atoms. The van der Waals surface area contributed by atoms with Crippen molar-refractivity contribution >= 4 is 44.8 Å². The molecule has 0 saturated carbocycles. The summed E-state index contributed by atoms with van der Waals surface area (Å²) in [5, 5.41) is 12.3. The highest BCUT2D eigenvalue weighted by Gasteiger charge is 2.30. The molecular weight excluding hydrogens is 468 g/mol. The van der Waals surface area contributed by atoms with E-state index in [0.717, 1.165) is 32.7 Å². The van der Waals surface area contributed by atoms with E-state index in [0.29, 0.717) is 23.7 Å². The average Bonchev–Trinajstić information content (AvgIpc) is 3.31. The van der Waals surface area contributed by atoms with Crippen LogP contribution in [0, 0.1) is 13.8 Å². The third kappa shape index (κ3) is 4.27. The van der Waals surface area contributed by atoms with Gasteiger partial charge >= 0.3 is 0 Å². The number of anilines is 1. The van der Waals surface area contributed by atoms with E-state index in [1.807, 2.05) is 67.1 Å². The Morgan fingerprint density at radius 1 is 1.27 bits per heavy atom. The van der Waals surface area contributed by atoms with E-state index in [4.69, 9.17) is 16.4 Å². The van der Waals surface area contributed by atoms with Crippen molar-refractivity contribution < 1.29 is 9.63 Å². The van der Waals surface area contributed by atoms with E-state index in [9.17, 15) is 4.79 Å². The lowest BCUT2D eigenvalue weighted by atomic mass is 10.0. The van der Waals surface area contributed by atoms with Crippen LogP contribution in [0.15, 0.2) is 58.2 Å². The van der Waals surface area contributed by atoms with Crippen LogP contribution in [0.4, 0.5) is 5.69 Å². The standard InChI is InChI=1S/C22H20BrClN4O2/c1-13-21(14(2)28(26-13)12-16-6-3-4-9-18(16)24)25-22(29)20-11-19(27-30-20)15-7-5-8-17(23)10-15/h3-10,20H,11-12H2,1-2H3,(H,25,29). The molecule has 4 rings (SSSR count). The van der Waals surface area contributed by atoms with Crippen LogP contribution in [0.25, 0.3) is 0 Å². The largest absolute Gasteiger partial charge is 0.382 e. The monoisotopic (exact) mass is 486 g/mol. The number of nitrogens with one attached hydrogen (secondary N) is 1. The van der Waals surface area contributed by atoms with Gasteiger partial charge in [0.25, 0.3) is 5.91 Å². The molecule has 0 aliphatic carbocycles. The van der Waals surface area contributed by atoms with E-state index in [1.54, 1.807) is 0 Å². The van der Waals surface area contributed by atoms with Crippen LogP contribution < -0.4 is 5.32 Å². The van der Waals surface area contributed by atoms with E-state index in [-0.39, 0.29) is 5.91 Å². The third-order valence-electron chi connectivity index (χ3n) is 5.03. The van der Waals surface area contributed by atoms with Crippen molar-refractivity contribution in [2.24, 2.45) is 5.16 Å². The second-order valence-electron chi connectivity index (χ2n) is 7.13. The minimum atomic E-state index is -0.676. The van der Waals surface area contributed by atoms with Crippen LogP contribution in [0.5, 0.6) is 0 Å². The van der Waals surface area contributed by atoms with Gasteiger partial charge in [0.05, 0.1) is 29.3 Å². The lowest BCUT2D eigenvalue weighted by Crippen LogP contribution is -2.28. The highest BCUT2D eigenvalue weighted by molar-refractivity contribution is 9.10. The van der Waals surface area contributed by atoms with Gasteiger partial charge in [0.15, 0.2) is 0 Å². The van der Waals surface area contributed by atoms with Crippen molar-refractivity contribution in [3.63, 3.8) is 0 Å². The number of rotatable bonds is 5. The second-order valence-corrected chi connectivity index (χ2v) is 8.45. The van der Waals surface area contributed by atoms with Crippen LogP contribution in [0.1, 0.15) is 28.9 Å². The zero-order chi connectivity index (χ0) is 21.3. The van der Waals surface area contributed by atoms with E-state index in [2.05, 4.69) is 31.5 Å². The minimum absolute atomic E-state index is 0.243. The van der Waals surface area contributed by atoms with E-state index in [1.165, 1.54) is 0 Å². The molecule has 0 fully saturated rings. The molecule has 3 aromatic rings. The number of carbonyl (C=O) groups is 1. The van der Waals surface area contributed by atoms with Gasteiger partial charge in [0.1, 0.15) is 0 Å². The first-order valence-electron chi connectivity index (χ1n) is 9.49.